The van der Waals surface area contributed by atoms with Crippen molar-refractivity contribution in [2.45, 2.75) is 12.8 Å². The third-order valence-corrected chi connectivity index (χ3v) is 3.96. The van der Waals surface area contributed by atoms with Crippen molar-refractivity contribution in [2.75, 3.05) is 7.11 Å². The van der Waals surface area contributed by atoms with Crippen LogP contribution in [0.1, 0.15) is 43.8 Å². The summed E-state index contributed by atoms with van der Waals surface area (Å²) in [5.41, 5.74) is 5.28. The topological polar surface area (TPSA) is 43.4 Å². The molecule has 0 aliphatic heterocycles. The highest BCUT2D eigenvalue weighted by molar-refractivity contribution is 5.95. The van der Waals surface area contributed by atoms with Gasteiger partial charge in [-0.25, -0.2) is 4.79 Å². The second-order valence-electron chi connectivity index (χ2n) is 5.23. The van der Waals surface area contributed by atoms with Crippen LogP contribution in [0.5, 0.6) is 0 Å². The number of rotatable bonds is 3. The van der Waals surface area contributed by atoms with E-state index in [2.05, 4.69) is 6.08 Å². The molecule has 0 unspecified atom stereocenters. The second-order valence-corrected chi connectivity index (χ2v) is 5.23. The predicted molar refractivity (Wildman–Crippen MR) is 85.0 cm³/mol. The van der Waals surface area contributed by atoms with Gasteiger partial charge in [0.2, 0.25) is 0 Å². The third-order valence-electron chi connectivity index (χ3n) is 3.96. The SMILES string of the molecule is COC(=O)c1ccc2c(c1)C(c1ccccc1C=O)=CCC2. The largest absolute Gasteiger partial charge is 0.465 e. The summed E-state index contributed by atoms with van der Waals surface area (Å²) in [6, 6.07) is 13.1. The van der Waals surface area contributed by atoms with Crippen LogP contribution in [-0.2, 0) is 11.2 Å². The van der Waals surface area contributed by atoms with Gasteiger partial charge in [-0.05, 0) is 47.2 Å². The van der Waals surface area contributed by atoms with Gasteiger partial charge in [0, 0.05) is 5.56 Å². The van der Waals surface area contributed by atoms with Crippen molar-refractivity contribution in [1.82, 2.24) is 0 Å². The zero-order valence-corrected chi connectivity index (χ0v) is 12.3. The van der Waals surface area contributed by atoms with Crippen LogP contribution in [0.25, 0.3) is 5.57 Å². The number of allylic oxidation sites excluding steroid dienone is 1. The molecule has 2 aromatic rings. The normalized spacial score (nSPS) is 13.0. The average molecular weight is 292 g/mol. The van der Waals surface area contributed by atoms with Crippen molar-refractivity contribution >= 4 is 17.8 Å². The number of aldehydes is 1. The van der Waals surface area contributed by atoms with Gasteiger partial charge in [-0.2, -0.15) is 0 Å². The van der Waals surface area contributed by atoms with Crippen molar-refractivity contribution < 1.29 is 14.3 Å². The summed E-state index contributed by atoms with van der Waals surface area (Å²) in [5.74, 6) is -0.351. The van der Waals surface area contributed by atoms with E-state index in [-0.39, 0.29) is 5.97 Å². The van der Waals surface area contributed by atoms with Gasteiger partial charge in [-0.1, -0.05) is 36.4 Å². The summed E-state index contributed by atoms with van der Waals surface area (Å²) in [5, 5.41) is 0. The zero-order chi connectivity index (χ0) is 15.5. The molecule has 3 nitrogen and oxygen atoms in total. The van der Waals surface area contributed by atoms with Crippen molar-refractivity contribution in [3.05, 3.63) is 76.4 Å². The minimum Gasteiger partial charge on any atom is -0.465 e. The van der Waals surface area contributed by atoms with Crippen molar-refractivity contribution in [1.29, 1.82) is 0 Å². The van der Waals surface area contributed by atoms with Crippen LogP contribution >= 0.6 is 0 Å². The van der Waals surface area contributed by atoms with E-state index in [1.807, 2.05) is 36.4 Å². The molecule has 0 saturated heterocycles. The average Bonchev–Trinajstić information content (AvgIpc) is 2.60. The van der Waals surface area contributed by atoms with Crippen LogP contribution in [-0.4, -0.2) is 19.4 Å². The number of hydrogen-bond donors (Lipinski definition) is 0. The number of methoxy groups -OCH3 is 1. The maximum atomic E-state index is 11.8. The molecule has 0 saturated carbocycles. The Kier molecular flexibility index (Phi) is 3.88. The Balaban J connectivity index is 2.15. The Morgan fingerprint density at radius 2 is 1.95 bits per heavy atom. The van der Waals surface area contributed by atoms with E-state index in [1.54, 1.807) is 6.07 Å². The molecule has 1 aliphatic carbocycles. The highest BCUT2D eigenvalue weighted by Gasteiger charge is 2.18. The van der Waals surface area contributed by atoms with Gasteiger partial charge < -0.3 is 4.74 Å². The number of esters is 1. The van der Waals surface area contributed by atoms with E-state index >= 15 is 0 Å². The van der Waals surface area contributed by atoms with Crippen LogP contribution < -0.4 is 0 Å². The van der Waals surface area contributed by atoms with E-state index in [4.69, 9.17) is 4.74 Å². The molecule has 2 aromatic carbocycles. The number of carbonyl (C=O) groups excluding carboxylic acids is 2. The Morgan fingerprint density at radius 3 is 2.73 bits per heavy atom. The Bertz CT molecular complexity index is 772. The fourth-order valence-corrected chi connectivity index (χ4v) is 2.87. The first kappa shape index (κ1) is 14.3. The molecule has 22 heavy (non-hydrogen) atoms. The fraction of sp³-hybridized carbons (Fsp3) is 0.158. The summed E-state index contributed by atoms with van der Waals surface area (Å²) in [6.07, 6.45) is 4.86. The number of fused-ring (bicyclic) bond motifs is 1. The maximum absolute atomic E-state index is 11.8. The minimum absolute atomic E-state index is 0.351. The van der Waals surface area contributed by atoms with Gasteiger partial charge >= 0.3 is 5.97 Å². The quantitative estimate of drug-likeness (QED) is 0.640. The van der Waals surface area contributed by atoms with Crippen molar-refractivity contribution in [2.24, 2.45) is 0 Å². The molecule has 1 aliphatic rings. The Labute approximate surface area is 129 Å². The first-order valence-electron chi connectivity index (χ1n) is 7.21. The lowest BCUT2D eigenvalue weighted by Gasteiger charge is -2.20. The molecule has 0 fully saturated rings. The second kappa shape index (κ2) is 5.98. The summed E-state index contributed by atoms with van der Waals surface area (Å²) >= 11 is 0. The van der Waals surface area contributed by atoms with E-state index in [0.717, 1.165) is 35.8 Å². The van der Waals surface area contributed by atoms with Crippen LogP contribution in [0.3, 0.4) is 0 Å². The molecular weight excluding hydrogens is 276 g/mol. The van der Waals surface area contributed by atoms with Crippen molar-refractivity contribution in [3.8, 4) is 0 Å². The zero-order valence-electron chi connectivity index (χ0n) is 12.3. The number of carbonyl (C=O) groups is 2. The molecular formula is C19H16O3. The molecule has 0 radical (unpaired) electrons. The van der Waals surface area contributed by atoms with Crippen LogP contribution in [0.15, 0.2) is 48.5 Å². The van der Waals surface area contributed by atoms with Gasteiger partial charge in [0.1, 0.15) is 0 Å². The van der Waals surface area contributed by atoms with Gasteiger partial charge in [-0.15, -0.1) is 0 Å². The number of aryl methyl sites for hydroxylation is 1. The molecule has 0 N–H and O–H groups in total. The first-order valence-corrected chi connectivity index (χ1v) is 7.21. The third kappa shape index (κ3) is 2.46. The van der Waals surface area contributed by atoms with Gasteiger partial charge in [-0.3, -0.25) is 4.79 Å². The van der Waals surface area contributed by atoms with Crippen molar-refractivity contribution in [3.63, 3.8) is 0 Å². The molecule has 0 heterocycles. The smallest absolute Gasteiger partial charge is 0.337 e. The summed E-state index contributed by atoms with van der Waals surface area (Å²) in [4.78, 5) is 23.1. The molecule has 0 amide bonds. The number of hydrogen-bond acceptors (Lipinski definition) is 3. The van der Waals surface area contributed by atoms with Gasteiger partial charge in [0.05, 0.1) is 12.7 Å². The lowest BCUT2D eigenvalue weighted by molar-refractivity contribution is 0.0600. The molecule has 3 heteroatoms. The molecule has 0 bridgehead atoms. The van der Waals surface area contributed by atoms with Crippen LogP contribution in [0.2, 0.25) is 0 Å². The van der Waals surface area contributed by atoms with Gasteiger partial charge in [0.15, 0.2) is 6.29 Å². The molecule has 110 valence electrons. The lowest BCUT2D eigenvalue weighted by Crippen LogP contribution is -2.07. The highest BCUT2D eigenvalue weighted by atomic mass is 16.5. The molecule has 0 aromatic heterocycles. The minimum atomic E-state index is -0.351. The highest BCUT2D eigenvalue weighted by Crippen LogP contribution is 2.33. The predicted octanol–water partition coefficient (Wildman–Crippen LogP) is 3.66. The standard InChI is InChI=1S/C19H16O3/c1-22-19(21)14-10-9-13-6-4-8-17(18(13)11-14)16-7-3-2-5-15(16)12-20/h2-3,5,7-12H,4,6H2,1H3. The van der Waals surface area contributed by atoms with E-state index < -0.39 is 0 Å². The summed E-state index contributed by atoms with van der Waals surface area (Å²) < 4.78 is 4.80. The number of ether oxygens (including phenoxy) is 1. The lowest BCUT2D eigenvalue weighted by atomic mass is 9.84. The van der Waals surface area contributed by atoms with Crippen LogP contribution in [0.4, 0.5) is 0 Å². The molecule has 0 spiro atoms. The summed E-state index contributed by atoms with van der Waals surface area (Å²) in [6.45, 7) is 0. The van der Waals surface area contributed by atoms with E-state index in [9.17, 15) is 9.59 Å². The van der Waals surface area contributed by atoms with Crippen LogP contribution in [0, 0.1) is 0 Å². The Hall–Kier alpha value is -2.68. The first-order chi connectivity index (χ1) is 10.7. The summed E-state index contributed by atoms with van der Waals surface area (Å²) in [7, 11) is 1.38. The maximum Gasteiger partial charge on any atom is 0.337 e. The van der Waals surface area contributed by atoms with E-state index in [1.165, 1.54) is 12.7 Å². The fourth-order valence-electron chi connectivity index (χ4n) is 2.87. The number of benzene rings is 2. The van der Waals surface area contributed by atoms with E-state index in [0.29, 0.717) is 11.1 Å². The monoisotopic (exact) mass is 292 g/mol. The Morgan fingerprint density at radius 1 is 1.14 bits per heavy atom. The molecule has 3 rings (SSSR count). The van der Waals surface area contributed by atoms with Gasteiger partial charge in [0.25, 0.3) is 0 Å². The molecule has 0 atom stereocenters.